The third-order valence-corrected chi connectivity index (χ3v) is 5.87. The van der Waals surface area contributed by atoms with E-state index in [4.69, 9.17) is 0 Å². The lowest BCUT2D eigenvalue weighted by Crippen LogP contribution is -2.30. The molecular weight excluding hydrogens is 374 g/mol. The fourth-order valence-corrected chi connectivity index (χ4v) is 4.15. The lowest BCUT2D eigenvalue weighted by molar-refractivity contribution is 0.0741. The number of hydrogen-bond donors (Lipinski definition) is 2. The first kappa shape index (κ1) is 20.2. The molecule has 0 aliphatic carbocycles. The number of para-hydroxylation sites is 1. The van der Waals surface area contributed by atoms with Crippen molar-refractivity contribution in [1.82, 2.24) is 15.1 Å². The highest BCUT2D eigenvalue weighted by atomic mass is 16.3. The van der Waals surface area contributed by atoms with Gasteiger partial charge in [0.15, 0.2) is 0 Å². The number of nitrogens with zero attached hydrogens (tertiary/aromatic N) is 2. The highest BCUT2D eigenvalue weighted by molar-refractivity contribution is 6.00. The molecule has 1 amide bonds. The van der Waals surface area contributed by atoms with Crippen LogP contribution in [0.3, 0.4) is 0 Å². The summed E-state index contributed by atoms with van der Waals surface area (Å²) in [6.07, 6.45) is 1.95. The predicted molar refractivity (Wildman–Crippen MR) is 119 cm³/mol. The number of aromatic hydroxyl groups is 1. The number of phenols is 1. The summed E-state index contributed by atoms with van der Waals surface area (Å²) in [5.74, 6) is 0.130. The van der Waals surface area contributed by atoms with E-state index in [0.29, 0.717) is 23.5 Å². The zero-order valence-corrected chi connectivity index (χ0v) is 18.1. The van der Waals surface area contributed by atoms with E-state index in [1.165, 1.54) is 5.56 Å². The number of aromatic amines is 1. The van der Waals surface area contributed by atoms with Crippen molar-refractivity contribution in [3.8, 4) is 17.0 Å². The number of carbonyl (C=O) groups excluding carboxylic acids is 1. The van der Waals surface area contributed by atoms with Gasteiger partial charge in [0.25, 0.3) is 5.91 Å². The highest BCUT2D eigenvalue weighted by Gasteiger charge is 2.42. The summed E-state index contributed by atoms with van der Waals surface area (Å²) in [4.78, 5) is 15.2. The average Bonchev–Trinajstić information content (AvgIpc) is 3.25. The van der Waals surface area contributed by atoms with E-state index in [-0.39, 0.29) is 23.1 Å². The van der Waals surface area contributed by atoms with Gasteiger partial charge >= 0.3 is 0 Å². The van der Waals surface area contributed by atoms with Crippen LogP contribution in [0, 0.1) is 0 Å². The molecule has 0 saturated heterocycles. The maximum absolute atomic E-state index is 13.2. The van der Waals surface area contributed by atoms with Crippen molar-refractivity contribution in [2.75, 3.05) is 6.54 Å². The third-order valence-electron chi connectivity index (χ3n) is 5.87. The van der Waals surface area contributed by atoms with Crippen LogP contribution in [0.5, 0.6) is 5.75 Å². The topological polar surface area (TPSA) is 69.2 Å². The molecule has 0 bridgehead atoms. The van der Waals surface area contributed by atoms with Crippen LogP contribution in [0.15, 0.2) is 48.5 Å². The van der Waals surface area contributed by atoms with Gasteiger partial charge in [-0.1, -0.05) is 70.5 Å². The molecule has 0 spiro atoms. The Morgan fingerprint density at radius 1 is 1.10 bits per heavy atom. The van der Waals surface area contributed by atoms with Crippen molar-refractivity contribution in [2.24, 2.45) is 0 Å². The second-order valence-electron chi connectivity index (χ2n) is 9.00. The average molecular weight is 404 g/mol. The number of hydrogen-bond acceptors (Lipinski definition) is 3. The number of unbranched alkanes of at least 4 members (excludes halogenated alkanes) is 1. The number of nitrogens with one attached hydrogen (secondary N) is 1. The summed E-state index contributed by atoms with van der Waals surface area (Å²) in [5.41, 5.74) is 5.02. The van der Waals surface area contributed by atoms with E-state index in [1.807, 2.05) is 17.0 Å². The Balaban J connectivity index is 1.85. The van der Waals surface area contributed by atoms with Crippen LogP contribution in [0.25, 0.3) is 11.3 Å². The number of benzene rings is 2. The molecule has 2 aromatic carbocycles. The molecule has 0 saturated carbocycles. The lowest BCUT2D eigenvalue weighted by atomic mass is 9.85. The van der Waals surface area contributed by atoms with Gasteiger partial charge in [-0.3, -0.25) is 9.89 Å². The fourth-order valence-electron chi connectivity index (χ4n) is 4.15. The van der Waals surface area contributed by atoms with Crippen molar-refractivity contribution >= 4 is 5.91 Å². The normalized spacial score (nSPS) is 16.2. The number of rotatable bonds is 5. The summed E-state index contributed by atoms with van der Waals surface area (Å²) < 4.78 is 0. The van der Waals surface area contributed by atoms with Crippen LogP contribution in [-0.2, 0) is 5.41 Å². The Morgan fingerprint density at radius 2 is 1.80 bits per heavy atom. The van der Waals surface area contributed by atoms with Gasteiger partial charge in [0.1, 0.15) is 17.1 Å². The van der Waals surface area contributed by atoms with Crippen molar-refractivity contribution in [1.29, 1.82) is 0 Å². The molecular formula is C25H29N3O2. The Hall–Kier alpha value is -3.08. The molecule has 0 radical (unpaired) electrons. The first-order chi connectivity index (χ1) is 14.3. The second-order valence-corrected chi connectivity index (χ2v) is 9.00. The van der Waals surface area contributed by atoms with Crippen molar-refractivity contribution in [3.63, 3.8) is 0 Å². The van der Waals surface area contributed by atoms with E-state index < -0.39 is 0 Å². The highest BCUT2D eigenvalue weighted by Crippen LogP contribution is 2.44. The third kappa shape index (κ3) is 3.38. The summed E-state index contributed by atoms with van der Waals surface area (Å²) in [5, 5.41) is 17.8. The molecule has 1 aliphatic heterocycles. The molecule has 5 nitrogen and oxygen atoms in total. The van der Waals surface area contributed by atoms with Gasteiger partial charge in [-0.25, -0.2) is 0 Å². The van der Waals surface area contributed by atoms with E-state index in [1.54, 1.807) is 12.1 Å². The first-order valence-electron chi connectivity index (χ1n) is 10.6. The lowest BCUT2D eigenvalue weighted by Gasteiger charge is -2.27. The van der Waals surface area contributed by atoms with Crippen LogP contribution >= 0.6 is 0 Å². The first-order valence-corrected chi connectivity index (χ1v) is 10.6. The monoisotopic (exact) mass is 403 g/mol. The van der Waals surface area contributed by atoms with Crippen LogP contribution in [0.4, 0.5) is 0 Å². The van der Waals surface area contributed by atoms with Crippen molar-refractivity contribution in [2.45, 2.75) is 52.0 Å². The minimum atomic E-state index is -0.221. The van der Waals surface area contributed by atoms with E-state index in [9.17, 15) is 9.90 Å². The van der Waals surface area contributed by atoms with Gasteiger partial charge in [0, 0.05) is 17.7 Å². The number of H-pyrrole nitrogens is 1. The Kier molecular flexibility index (Phi) is 5.14. The molecule has 30 heavy (non-hydrogen) atoms. The summed E-state index contributed by atoms with van der Waals surface area (Å²) >= 11 is 0. The van der Waals surface area contributed by atoms with Gasteiger partial charge in [0.2, 0.25) is 0 Å². The number of carbonyl (C=O) groups is 1. The largest absolute Gasteiger partial charge is 0.507 e. The molecule has 1 atom stereocenters. The fraction of sp³-hybridized carbons (Fsp3) is 0.360. The molecule has 1 aromatic heterocycles. The van der Waals surface area contributed by atoms with Gasteiger partial charge in [-0.15, -0.1) is 0 Å². The number of aromatic nitrogens is 2. The Labute approximate surface area is 177 Å². The van der Waals surface area contributed by atoms with Gasteiger partial charge < -0.3 is 10.0 Å². The van der Waals surface area contributed by atoms with E-state index >= 15 is 0 Å². The minimum absolute atomic E-state index is 0.0301. The molecule has 4 rings (SSSR count). The quantitative estimate of drug-likeness (QED) is 0.597. The number of phenolic OH excluding ortho intramolecular Hbond substituents is 1. The molecule has 2 N–H and O–H groups in total. The van der Waals surface area contributed by atoms with Gasteiger partial charge in [-0.05, 0) is 35.1 Å². The molecule has 156 valence electrons. The number of fused-ring (bicyclic) bond motifs is 1. The molecule has 0 unspecified atom stereocenters. The van der Waals surface area contributed by atoms with Gasteiger partial charge in [0.05, 0.1) is 6.04 Å². The van der Waals surface area contributed by atoms with Gasteiger partial charge in [-0.2, -0.15) is 5.10 Å². The van der Waals surface area contributed by atoms with Crippen LogP contribution in [-0.4, -0.2) is 32.7 Å². The zero-order chi connectivity index (χ0) is 21.5. The summed E-state index contributed by atoms with van der Waals surface area (Å²) in [7, 11) is 0. The predicted octanol–water partition coefficient (Wildman–Crippen LogP) is 5.43. The summed E-state index contributed by atoms with van der Waals surface area (Å²) in [6, 6.07) is 15.5. The molecule has 1 aliphatic rings. The number of amides is 1. The van der Waals surface area contributed by atoms with Crippen LogP contribution in [0.1, 0.15) is 73.8 Å². The van der Waals surface area contributed by atoms with Crippen molar-refractivity contribution < 1.29 is 9.90 Å². The van der Waals surface area contributed by atoms with E-state index in [0.717, 1.165) is 24.0 Å². The summed E-state index contributed by atoms with van der Waals surface area (Å²) in [6.45, 7) is 9.39. The molecule has 5 heteroatoms. The Bertz CT molecular complexity index is 1060. The van der Waals surface area contributed by atoms with Crippen molar-refractivity contribution in [3.05, 3.63) is 70.9 Å². The molecule has 2 heterocycles. The maximum Gasteiger partial charge on any atom is 0.273 e. The van der Waals surface area contributed by atoms with Crippen LogP contribution < -0.4 is 0 Å². The standard InChI is InChI=1S/C25H29N3O2/c1-5-6-15-28-23(16-11-13-17(14-12-16)25(2,3)4)20-21(26-27-22(20)24(28)30)18-9-7-8-10-19(18)29/h7-14,23,29H,5-6,15H2,1-4H3,(H,26,27)/t23-/m0/s1. The zero-order valence-electron chi connectivity index (χ0n) is 18.1. The second kappa shape index (κ2) is 7.63. The molecule has 3 aromatic rings. The van der Waals surface area contributed by atoms with Crippen LogP contribution in [0.2, 0.25) is 0 Å². The SMILES string of the molecule is CCCCN1C(=O)c2[nH]nc(-c3ccccc3O)c2[C@@H]1c1ccc(C(C)(C)C)cc1. The smallest absolute Gasteiger partial charge is 0.273 e. The van der Waals surface area contributed by atoms with E-state index in [2.05, 4.69) is 62.2 Å². The Morgan fingerprint density at radius 3 is 2.43 bits per heavy atom. The maximum atomic E-state index is 13.2. The molecule has 0 fully saturated rings. The minimum Gasteiger partial charge on any atom is -0.507 e.